The zero-order valence-corrected chi connectivity index (χ0v) is 15.5. The van der Waals surface area contributed by atoms with E-state index < -0.39 is 0 Å². The molecule has 0 amide bonds. The molecule has 2 heterocycles. The van der Waals surface area contributed by atoms with Crippen LogP contribution in [0.15, 0.2) is 23.0 Å². The Morgan fingerprint density at radius 2 is 2.08 bits per heavy atom. The number of H-pyrrole nitrogens is 1. The molecular weight excluding hydrogens is 320 g/mol. The topological polar surface area (TPSA) is 53.1 Å². The van der Waals surface area contributed by atoms with E-state index in [1.165, 1.54) is 5.56 Å². The number of benzene rings is 1. The second-order valence-electron chi connectivity index (χ2n) is 6.48. The first-order valence-corrected chi connectivity index (χ1v) is 8.77. The number of fused-ring (bicyclic) bond motifs is 1. The van der Waals surface area contributed by atoms with Crippen molar-refractivity contribution in [3.63, 3.8) is 0 Å². The van der Waals surface area contributed by atoms with E-state index in [2.05, 4.69) is 49.0 Å². The van der Waals surface area contributed by atoms with Crippen LogP contribution in [0.4, 0.5) is 5.82 Å². The number of anilines is 1. The van der Waals surface area contributed by atoms with E-state index in [1.54, 1.807) is 0 Å². The summed E-state index contributed by atoms with van der Waals surface area (Å²) in [4.78, 5) is 17.6. The molecule has 0 aliphatic carbocycles. The van der Waals surface area contributed by atoms with Crippen molar-refractivity contribution in [3.05, 3.63) is 50.0 Å². The lowest BCUT2D eigenvalue weighted by Crippen LogP contribution is -2.43. The molecule has 0 saturated heterocycles. The molecule has 0 fully saturated rings. The normalized spacial score (nSPS) is 15.7. The number of aromatic amines is 1. The Hall–Kier alpha value is -1.92. The lowest BCUT2D eigenvalue weighted by molar-refractivity contribution is 0.200. The molecule has 128 valence electrons. The second kappa shape index (κ2) is 6.53. The van der Waals surface area contributed by atoms with Crippen LogP contribution in [0, 0.1) is 18.6 Å². The van der Waals surface area contributed by atoms with Crippen molar-refractivity contribution in [2.75, 3.05) is 12.0 Å². The first-order chi connectivity index (χ1) is 11.4. The number of hydrogen-bond donors (Lipinski definition) is 2. The van der Waals surface area contributed by atoms with Crippen molar-refractivity contribution >= 4 is 18.0 Å². The summed E-state index contributed by atoms with van der Waals surface area (Å²) < 4.78 is 2.39. The monoisotopic (exact) mass is 344 g/mol. The molecule has 1 aliphatic rings. The van der Waals surface area contributed by atoms with Gasteiger partial charge in [-0.15, -0.1) is 0 Å². The van der Waals surface area contributed by atoms with Gasteiger partial charge in [0.25, 0.3) is 5.56 Å². The maximum absolute atomic E-state index is 12.5. The summed E-state index contributed by atoms with van der Waals surface area (Å²) in [5.74, 6) is 0.817. The zero-order valence-electron chi connectivity index (χ0n) is 14.6. The third kappa shape index (κ3) is 2.80. The van der Waals surface area contributed by atoms with Crippen LogP contribution in [0.1, 0.15) is 37.0 Å². The highest BCUT2D eigenvalue weighted by molar-refractivity contribution is 7.71. The van der Waals surface area contributed by atoms with E-state index in [9.17, 15) is 4.79 Å². The quantitative estimate of drug-likeness (QED) is 0.837. The highest BCUT2D eigenvalue weighted by Crippen LogP contribution is 2.27. The van der Waals surface area contributed by atoms with Gasteiger partial charge in [-0.25, -0.2) is 0 Å². The lowest BCUT2D eigenvalue weighted by Gasteiger charge is -2.34. The van der Waals surface area contributed by atoms with Crippen LogP contribution < -0.4 is 10.9 Å². The molecule has 1 aromatic carbocycles. The molecule has 5 nitrogen and oxygen atoms in total. The molecule has 0 bridgehead atoms. The molecule has 24 heavy (non-hydrogen) atoms. The Morgan fingerprint density at radius 3 is 2.79 bits per heavy atom. The Morgan fingerprint density at radius 1 is 1.33 bits per heavy atom. The third-order valence-electron chi connectivity index (χ3n) is 5.05. The number of nitrogens with zero attached hydrogens (tertiary/aromatic N) is 2. The Kier molecular flexibility index (Phi) is 4.60. The van der Waals surface area contributed by atoms with E-state index in [-0.39, 0.29) is 5.56 Å². The van der Waals surface area contributed by atoms with E-state index in [0.29, 0.717) is 24.0 Å². The van der Waals surface area contributed by atoms with Gasteiger partial charge in [0.2, 0.25) is 0 Å². The Bertz CT molecular complexity index is 884. The van der Waals surface area contributed by atoms with Crippen LogP contribution >= 0.6 is 12.2 Å². The molecule has 1 atom stereocenters. The summed E-state index contributed by atoms with van der Waals surface area (Å²) >= 11 is 5.47. The predicted molar refractivity (Wildman–Crippen MR) is 100 cm³/mol. The molecule has 0 saturated carbocycles. The molecule has 2 aromatic rings. The highest BCUT2D eigenvalue weighted by atomic mass is 32.1. The maximum Gasteiger partial charge on any atom is 0.258 e. The predicted octanol–water partition coefficient (Wildman–Crippen LogP) is 3.50. The molecular formula is C18H24N4OS. The Labute approximate surface area is 147 Å². The fourth-order valence-corrected chi connectivity index (χ4v) is 3.40. The van der Waals surface area contributed by atoms with Gasteiger partial charge in [-0.05, 0) is 56.6 Å². The van der Waals surface area contributed by atoms with Crippen LogP contribution in [0.5, 0.6) is 0 Å². The number of nitrogens with one attached hydrogen (secondary N) is 2. The molecule has 2 N–H and O–H groups in total. The van der Waals surface area contributed by atoms with Crippen LogP contribution in [0.25, 0.3) is 5.69 Å². The van der Waals surface area contributed by atoms with Gasteiger partial charge in [0, 0.05) is 12.6 Å². The largest absolute Gasteiger partial charge is 0.358 e. The van der Waals surface area contributed by atoms with Crippen molar-refractivity contribution < 1.29 is 0 Å². The minimum absolute atomic E-state index is 0.0999. The van der Waals surface area contributed by atoms with E-state index in [1.807, 2.05) is 16.7 Å². The molecule has 6 heteroatoms. The van der Waals surface area contributed by atoms with Crippen molar-refractivity contribution in [1.29, 1.82) is 0 Å². The van der Waals surface area contributed by atoms with Gasteiger partial charge in [0.1, 0.15) is 5.82 Å². The van der Waals surface area contributed by atoms with Crippen LogP contribution in [0.3, 0.4) is 0 Å². The SMILES string of the molecule is CCC(C)N1CNc2c(c(=O)[nH]c(=S)n2-c2cccc(C)c2C)C1. The van der Waals surface area contributed by atoms with Gasteiger partial charge >= 0.3 is 0 Å². The van der Waals surface area contributed by atoms with Gasteiger partial charge < -0.3 is 5.32 Å². The van der Waals surface area contributed by atoms with Gasteiger partial charge in [-0.3, -0.25) is 19.2 Å². The summed E-state index contributed by atoms with van der Waals surface area (Å²) in [5, 5.41) is 3.43. The molecule has 1 aliphatic heterocycles. The van der Waals surface area contributed by atoms with Crippen molar-refractivity contribution in [2.45, 2.75) is 46.7 Å². The summed E-state index contributed by atoms with van der Waals surface area (Å²) in [6.07, 6.45) is 1.05. The molecule has 1 aromatic heterocycles. The Balaban J connectivity index is 2.19. The van der Waals surface area contributed by atoms with Gasteiger partial charge in [-0.2, -0.15) is 0 Å². The number of aryl methyl sites for hydroxylation is 1. The van der Waals surface area contributed by atoms with Gasteiger partial charge in [0.15, 0.2) is 4.77 Å². The van der Waals surface area contributed by atoms with Crippen molar-refractivity contribution in [1.82, 2.24) is 14.5 Å². The number of aromatic nitrogens is 2. The standard InChI is InChI=1S/C18H24N4OS/c1-5-12(3)21-9-14-16(19-10-21)22(18(24)20-17(14)23)15-8-6-7-11(2)13(15)4/h6-8,12,19H,5,9-10H2,1-4H3,(H,20,23,24). The van der Waals surface area contributed by atoms with Crippen molar-refractivity contribution in [3.8, 4) is 5.69 Å². The molecule has 0 spiro atoms. The minimum atomic E-state index is -0.0999. The van der Waals surface area contributed by atoms with Gasteiger partial charge in [-0.1, -0.05) is 19.1 Å². The first kappa shape index (κ1) is 16.9. The zero-order chi connectivity index (χ0) is 17.4. The summed E-state index contributed by atoms with van der Waals surface area (Å²) in [6.45, 7) is 9.85. The van der Waals surface area contributed by atoms with Crippen LogP contribution in [0.2, 0.25) is 0 Å². The maximum atomic E-state index is 12.5. The average Bonchev–Trinajstić information content (AvgIpc) is 2.57. The minimum Gasteiger partial charge on any atom is -0.358 e. The van der Waals surface area contributed by atoms with E-state index >= 15 is 0 Å². The second-order valence-corrected chi connectivity index (χ2v) is 6.87. The van der Waals surface area contributed by atoms with Crippen molar-refractivity contribution in [2.24, 2.45) is 0 Å². The summed E-state index contributed by atoms with van der Waals surface area (Å²) in [6, 6.07) is 6.56. The molecule has 0 radical (unpaired) electrons. The average molecular weight is 344 g/mol. The summed E-state index contributed by atoms with van der Waals surface area (Å²) in [7, 11) is 0. The summed E-state index contributed by atoms with van der Waals surface area (Å²) in [5.41, 5.74) is 4.02. The van der Waals surface area contributed by atoms with E-state index in [0.717, 1.165) is 29.1 Å². The van der Waals surface area contributed by atoms with E-state index in [4.69, 9.17) is 12.2 Å². The number of rotatable bonds is 3. The lowest BCUT2D eigenvalue weighted by atomic mass is 10.1. The fraction of sp³-hybridized carbons (Fsp3) is 0.444. The smallest absolute Gasteiger partial charge is 0.258 e. The van der Waals surface area contributed by atoms with Crippen LogP contribution in [-0.2, 0) is 6.54 Å². The van der Waals surface area contributed by atoms with Gasteiger partial charge in [0.05, 0.1) is 17.9 Å². The molecule has 1 unspecified atom stereocenters. The highest BCUT2D eigenvalue weighted by Gasteiger charge is 2.25. The third-order valence-corrected chi connectivity index (χ3v) is 5.33. The first-order valence-electron chi connectivity index (χ1n) is 8.36. The molecule has 3 rings (SSSR count). The fourth-order valence-electron chi connectivity index (χ4n) is 3.12. The number of hydrogen-bond acceptors (Lipinski definition) is 4. The van der Waals surface area contributed by atoms with Crippen LogP contribution in [-0.4, -0.2) is 27.2 Å².